The van der Waals surface area contributed by atoms with E-state index in [4.69, 9.17) is 0 Å². The van der Waals surface area contributed by atoms with Crippen LogP contribution in [0.1, 0.15) is 39.0 Å². The van der Waals surface area contributed by atoms with Crippen LogP contribution in [0.5, 0.6) is 0 Å². The van der Waals surface area contributed by atoms with Gasteiger partial charge in [0.25, 0.3) is 0 Å². The first kappa shape index (κ1) is 8.51. The summed E-state index contributed by atoms with van der Waals surface area (Å²) >= 11 is 0. The molecule has 1 heteroatoms. The van der Waals surface area contributed by atoms with Gasteiger partial charge in [0.15, 0.2) is 0 Å². The van der Waals surface area contributed by atoms with E-state index in [-0.39, 0.29) is 5.41 Å². The molecule has 1 nitrogen and oxygen atoms in total. The summed E-state index contributed by atoms with van der Waals surface area (Å²) in [4.78, 5) is 10.8. The summed E-state index contributed by atoms with van der Waals surface area (Å²) in [7, 11) is 0. The maximum Gasteiger partial charge on any atom is 0.129 e. The molecule has 1 aliphatic rings. The highest BCUT2D eigenvalue weighted by Crippen LogP contribution is 2.35. The minimum absolute atomic E-state index is 0.212. The Morgan fingerprint density at radius 3 is 2.82 bits per heavy atom. The SMILES string of the molecule is C=C1CCCCCC1(C)C=O. The molecule has 0 aromatic rings. The Morgan fingerprint density at radius 2 is 2.18 bits per heavy atom. The van der Waals surface area contributed by atoms with E-state index in [1.807, 2.05) is 6.92 Å². The lowest BCUT2D eigenvalue weighted by Gasteiger charge is -2.22. The number of carbonyl (C=O) groups is 1. The summed E-state index contributed by atoms with van der Waals surface area (Å²) in [6.45, 7) is 5.97. The number of hydrogen-bond donors (Lipinski definition) is 0. The monoisotopic (exact) mass is 152 g/mol. The molecule has 0 spiro atoms. The zero-order valence-electron chi connectivity index (χ0n) is 7.23. The van der Waals surface area contributed by atoms with Gasteiger partial charge in [0, 0.05) is 5.41 Å². The zero-order valence-corrected chi connectivity index (χ0v) is 7.23. The molecule has 0 N–H and O–H groups in total. The van der Waals surface area contributed by atoms with Crippen molar-refractivity contribution in [1.82, 2.24) is 0 Å². The first-order valence-electron chi connectivity index (χ1n) is 4.34. The van der Waals surface area contributed by atoms with Gasteiger partial charge in [-0.1, -0.05) is 25.0 Å². The maximum absolute atomic E-state index is 10.8. The lowest BCUT2D eigenvalue weighted by Crippen LogP contribution is -2.19. The van der Waals surface area contributed by atoms with Crippen molar-refractivity contribution in [2.24, 2.45) is 5.41 Å². The highest BCUT2D eigenvalue weighted by molar-refractivity contribution is 5.64. The molecule has 1 aliphatic carbocycles. The number of aldehydes is 1. The molecule has 11 heavy (non-hydrogen) atoms. The number of rotatable bonds is 1. The van der Waals surface area contributed by atoms with Gasteiger partial charge in [-0.2, -0.15) is 0 Å². The largest absolute Gasteiger partial charge is 0.302 e. The van der Waals surface area contributed by atoms with E-state index < -0.39 is 0 Å². The normalized spacial score (nSPS) is 33.0. The summed E-state index contributed by atoms with van der Waals surface area (Å²) in [5.41, 5.74) is 0.918. The fraction of sp³-hybridized carbons (Fsp3) is 0.700. The summed E-state index contributed by atoms with van der Waals surface area (Å²) in [5.74, 6) is 0. The molecular formula is C10H16O. The molecule has 1 saturated carbocycles. The Kier molecular flexibility index (Phi) is 2.48. The van der Waals surface area contributed by atoms with Gasteiger partial charge in [-0.05, 0) is 26.2 Å². The Hall–Kier alpha value is -0.590. The quantitative estimate of drug-likeness (QED) is 0.321. The zero-order chi connectivity index (χ0) is 8.32. The highest BCUT2D eigenvalue weighted by atomic mass is 16.1. The van der Waals surface area contributed by atoms with Crippen LogP contribution in [0.4, 0.5) is 0 Å². The molecule has 1 rings (SSSR count). The molecule has 0 aliphatic heterocycles. The lowest BCUT2D eigenvalue weighted by molar-refractivity contribution is -0.114. The van der Waals surface area contributed by atoms with Gasteiger partial charge in [0.2, 0.25) is 0 Å². The fourth-order valence-electron chi connectivity index (χ4n) is 1.61. The maximum atomic E-state index is 10.8. The van der Waals surface area contributed by atoms with Crippen molar-refractivity contribution in [3.05, 3.63) is 12.2 Å². The molecule has 1 atom stereocenters. The second-order valence-corrected chi connectivity index (χ2v) is 3.70. The molecule has 0 saturated heterocycles. The van der Waals surface area contributed by atoms with Crippen molar-refractivity contribution in [3.63, 3.8) is 0 Å². The smallest absolute Gasteiger partial charge is 0.129 e. The second-order valence-electron chi connectivity index (χ2n) is 3.70. The molecule has 0 heterocycles. The first-order chi connectivity index (χ1) is 5.19. The third kappa shape index (κ3) is 1.70. The average molecular weight is 152 g/mol. The van der Waals surface area contributed by atoms with E-state index in [1.165, 1.54) is 19.3 Å². The molecule has 0 aromatic carbocycles. The van der Waals surface area contributed by atoms with E-state index in [0.717, 1.165) is 24.7 Å². The Bertz CT molecular complexity index is 172. The van der Waals surface area contributed by atoms with E-state index in [1.54, 1.807) is 0 Å². The van der Waals surface area contributed by atoms with Crippen LogP contribution in [0.25, 0.3) is 0 Å². The lowest BCUT2D eigenvalue weighted by atomic mass is 9.80. The Morgan fingerprint density at radius 1 is 1.45 bits per heavy atom. The van der Waals surface area contributed by atoms with Crippen LogP contribution in [0.2, 0.25) is 0 Å². The van der Waals surface area contributed by atoms with Crippen molar-refractivity contribution in [3.8, 4) is 0 Å². The van der Waals surface area contributed by atoms with Crippen LogP contribution in [-0.4, -0.2) is 6.29 Å². The van der Waals surface area contributed by atoms with Crippen molar-refractivity contribution < 1.29 is 4.79 Å². The van der Waals surface area contributed by atoms with Gasteiger partial charge in [0.05, 0.1) is 0 Å². The molecule has 1 fully saturated rings. The third-order valence-corrected chi connectivity index (χ3v) is 2.74. The predicted molar refractivity (Wildman–Crippen MR) is 46.4 cm³/mol. The van der Waals surface area contributed by atoms with Crippen molar-refractivity contribution >= 4 is 6.29 Å². The highest BCUT2D eigenvalue weighted by Gasteiger charge is 2.27. The summed E-state index contributed by atoms with van der Waals surface area (Å²) in [5, 5.41) is 0. The number of carbonyl (C=O) groups excluding carboxylic acids is 1. The molecule has 62 valence electrons. The van der Waals surface area contributed by atoms with Crippen LogP contribution in [0.3, 0.4) is 0 Å². The van der Waals surface area contributed by atoms with Crippen molar-refractivity contribution in [2.75, 3.05) is 0 Å². The summed E-state index contributed by atoms with van der Waals surface area (Å²) in [6, 6.07) is 0. The van der Waals surface area contributed by atoms with Crippen molar-refractivity contribution in [2.45, 2.75) is 39.0 Å². The minimum Gasteiger partial charge on any atom is -0.302 e. The predicted octanol–water partition coefficient (Wildman–Crippen LogP) is 2.71. The van der Waals surface area contributed by atoms with Gasteiger partial charge in [0.1, 0.15) is 6.29 Å². The third-order valence-electron chi connectivity index (χ3n) is 2.74. The number of allylic oxidation sites excluding steroid dienone is 1. The average Bonchev–Trinajstić information content (AvgIpc) is 2.16. The van der Waals surface area contributed by atoms with Crippen LogP contribution in [0, 0.1) is 5.41 Å². The molecule has 0 aromatic heterocycles. The van der Waals surface area contributed by atoms with E-state index in [0.29, 0.717) is 0 Å². The second kappa shape index (κ2) is 3.21. The Labute approximate surface area is 68.5 Å². The van der Waals surface area contributed by atoms with Gasteiger partial charge in [-0.15, -0.1) is 0 Å². The van der Waals surface area contributed by atoms with Crippen LogP contribution < -0.4 is 0 Å². The van der Waals surface area contributed by atoms with E-state index >= 15 is 0 Å². The minimum atomic E-state index is -0.212. The van der Waals surface area contributed by atoms with Gasteiger partial charge >= 0.3 is 0 Å². The van der Waals surface area contributed by atoms with Gasteiger partial charge < -0.3 is 4.79 Å². The molecule has 0 bridgehead atoms. The standard InChI is InChI=1S/C10H16O/c1-9-6-4-3-5-7-10(9,2)8-11/h8H,1,3-7H2,2H3. The van der Waals surface area contributed by atoms with Crippen molar-refractivity contribution in [1.29, 1.82) is 0 Å². The fourth-order valence-corrected chi connectivity index (χ4v) is 1.61. The molecule has 0 amide bonds. The Balaban J connectivity index is 2.73. The summed E-state index contributed by atoms with van der Waals surface area (Å²) < 4.78 is 0. The molecular weight excluding hydrogens is 136 g/mol. The van der Waals surface area contributed by atoms with E-state index in [9.17, 15) is 4.79 Å². The molecule has 0 radical (unpaired) electrons. The van der Waals surface area contributed by atoms with Gasteiger partial charge in [-0.3, -0.25) is 0 Å². The molecule has 1 unspecified atom stereocenters. The van der Waals surface area contributed by atoms with Crippen LogP contribution in [-0.2, 0) is 4.79 Å². The first-order valence-corrected chi connectivity index (χ1v) is 4.34. The van der Waals surface area contributed by atoms with Gasteiger partial charge in [-0.25, -0.2) is 0 Å². The topological polar surface area (TPSA) is 17.1 Å². The summed E-state index contributed by atoms with van der Waals surface area (Å²) in [6.07, 6.45) is 6.74. The van der Waals surface area contributed by atoms with Crippen LogP contribution >= 0.6 is 0 Å². The van der Waals surface area contributed by atoms with Crippen LogP contribution in [0.15, 0.2) is 12.2 Å². The van der Waals surface area contributed by atoms with E-state index in [2.05, 4.69) is 6.58 Å². The number of hydrogen-bond acceptors (Lipinski definition) is 1.